The molecule has 1 heterocycles. The standard InChI is InChI=1S/C15H20N4/c1-5-12-14(16-3)17-10-18-15(12)19(4)13-9-7-6-8-11(13)2/h6-10H,5H2,1-4H3,(H,16,17,18). The van der Waals surface area contributed by atoms with Crippen molar-refractivity contribution in [2.45, 2.75) is 20.3 Å². The van der Waals surface area contributed by atoms with Gasteiger partial charge in [-0.3, -0.25) is 0 Å². The van der Waals surface area contributed by atoms with Gasteiger partial charge in [-0.15, -0.1) is 0 Å². The Balaban J connectivity index is 2.50. The molecule has 0 saturated carbocycles. The Hall–Kier alpha value is -2.10. The monoisotopic (exact) mass is 256 g/mol. The number of hydrogen-bond acceptors (Lipinski definition) is 4. The van der Waals surface area contributed by atoms with Gasteiger partial charge in [0.25, 0.3) is 0 Å². The quantitative estimate of drug-likeness (QED) is 0.912. The average molecular weight is 256 g/mol. The number of aryl methyl sites for hydroxylation is 1. The van der Waals surface area contributed by atoms with Gasteiger partial charge in [0, 0.05) is 25.3 Å². The third-order valence-corrected chi connectivity index (χ3v) is 3.31. The lowest BCUT2D eigenvalue weighted by atomic mass is 10.1. The van der Waals surface area contributed by atoms with Crippen molar-refractivity contribution in [2.75, 3.05) is 24.3 Å². The zero-order valence-corrected chi connectivity index (χ0v) is 11.9. The molecule has 1 aromatic heterocycles. The summed E-state index contributed by atoms with van der Waals surface area (Å²) in [6.45, 7) is 4.23. The van der Waals surface area contributed by atoms with Crippen molar-refractivity contribution in [1.82, 2.24) is 9.97 Å². The average Bonchev–Trinajstić information content (AvgIpc) is 2.46. The molecular formula is C15H20N4. The van der Waals surface area contributed by atoms with E-state index in [0.29, 0.717) is 0 Å². The molecule has 2 rings (SSSR count). The predicted octanol–water partition coefficient (Wildman–Crippen LogP) is 3.16. The first-order valence-corrected chi connectivity index (χ1v) is 6.50. The minimum Gasteiger partial charge on any atom is -0.373 e. The second-order valence-corrected chi connectivity index (χ2v) is 4.47. The Kier molecular flexibility index (Phi) is 4.00. The van der Waals surface area contributed by atoms with Gasteiger partial charge in [-0.1, -0.05) is 25.1 Å². The molecule has 100 valence electrons. The van der Waals surface area contributed by atoms with Crippen LogP contribution in [-0.4, -0.2) is 24.1 Å². The number of para-hydroxylation sites is 1. The van der Waals surface area contributed by atoms with Crippen LogP contribution < -0.4 is 10.2 Å². The van der Waals surface area contributed by atoms with Crippen LogP contribution in [-0.2, 0) is 6.42 Å². The minimum absolute atomic E-state index is 0.891. The summed E-state index contributed by atoms with van der Waals surface area (Å²) in [4.78, 5) is 10.9. The van der Waals surface area contributed by atoms with Crippen molar-refractivity contribution in [3.8, 4) is 0 Å². The second-order valence-electron chi connectivity index (χ2n) is 4.47. The van der Waals surface area contributed by atoms with Crippen LogP contribution in [0, 0.1) is 6.92 Å². The van der Waals surface area contributed by atoms with Gasteiger partial charge in [0.15, 0.2) is 0 Å². The van der Waals surface area contributed by atoms with Crippen molar-refractivity contribution in [3.05, 3.63) is 41.7 Å². The van der Waals surface area contributed by atoms with Gasteiger partial charge in [-0.25, -0.2) is 9.97 Å². The Bertz CT molecular complexity index is 566. The van der Waals surface area contributed by atoms with Gasteiger partial charge in [-0.2, -0.15) is 0 Å². The molecule has 0 saturated heterocycles. The molecule has 0 radical (unpaired) electrons. The number of anilines is 3. The normalized spacial score (nSPS) is 10.3. The molecule has 4 heteroatoms. The van der Waals surface area contributed by atoms with Crippen LogP contribution in [0.3, 0.4) is 0 Å². The second kappa shape index (κ2) is 5.69. The number of nitrogens with one attached hydrogen (secondary N) is 1. The van der Waals surface area contributed by atoms with Gasteiger partial charge in [-0.05, 0) is 25.0 Å². The third-order valence-electron chi connectivity index (χ3n) is 3.31. The lowest BCUT2D eigenvalue weighted by Crippen LogP contribution is -2.16. The Morgan fingerprint density at radius 1 is 1.21 bits per heavy atom. The summed E-state index contributed by atoms with van der Waals surface area (Å²) in [6, 6.07) is 8.31. The van der Waals surface area contributed by atoms with E-state index >= 15 is 0 Å². The lowest BCUT2D eigenvalue weighted by molar-refractivity contribution is 0.997. The van der Waals surface area contributed by atoms with Crippen LogP contribution in [0.5, 0.6) is 0 Å². The Labute approximate surface area is 114 Å². The van der Waals surface area contributed by atoms with E-state index < -0.39 is 0 Å². The van der Waals surface area contributed by atoms with Crippen LogP contribution in [0.4, 0.5) is 17.3 Å². The van der Waals surface area contributed by atoms with E-state index in [1.165, 1.54) is 5.56 Å². The Morgan fingerprint density at radius 2 is 1.95 bits per heavy atom. The summed E-state index contributed by atoms with van der Waals surface area (Å²) in [5.74, 6) is 1.85. The highest BCUT2D eigenvalue weighted by atomic mass is 15.2. The van der Waals surface area contributed by atoms with Gasteiger partial charge in [0.2, 0.25) is 0 Å². The van der Waals surface area contributed by atoms with Crippen LogP contribution in [0.15, 0.2) is 30.6 Å². The fourth-order valence-corrected chi connectivity index (χ4v) is 2.29. The maximum Gasteiger partial charge on any atom is 0.141 e. The molecule has 2 aromatic rings. The van der Waals surface area contributed by atoms with Crippen molar-refractivity contribution in [3.63, 3.8) is 0 Å². The van der Waals surface area contributed by atoms with Crippen LogP contribution >= 0.6 is 0 Å². The number of rotatable bonds is 4. The van der Waals surface area contributed by atoms with E-state index in [0.717, 1.165) is 29.3 Å². The molecule has 19 heavy (non-hydrogen) atoms. The largest absolute Gasteiger partial charge is 0.373 e. The molecule has 0 unspecified atom stereocenters. The molecule has 0 amide bonds. The summed E-state index contributed by atoms with van der Waals surface area (Å²) in [5, 5.41) is 3.13. The van der Waals surface area contributed by atoms with E-state index in [4.69, 9.17) is 0 Å². The molecule has 0 atom stereocenters. The van der Waals surface area contributed by atoms with Gasteiger partial charge in [0.1, 0.15) is 18.0 Å². The third kappa shape index (κ3) is 2.52. The fraction of sp³-hybridized carbons (Fsp3) is 0.333. The fourth-order valence-electron chi connectivity index (χ4n) is 2.29. The van der Waals surface area contributed by atoms with Crippen molar-refractivity contribution < 1.29 is 0 Å². The highest BCUT2D eigenvalue weighted by Crippen LogP contribution is 2.30. The molecular weight excluding hydrogens is 236 g/mol. The molecule has 1 N–H and O–H groups in total. The molecule has 0 spiro atoms. The summed E-state index contributed by atoms with van der Waals surface area (Å²) < 4.78 is 0. The number of hydrogen-bond donors (Lipinski definition) is 1. The zero-order valence-electron chi connectivity index (χ0n) is 11.9. The highest BCUT2D eigenvalue weighted by Gasteiger charge is 2.14. The van der Waals surface area contributed by atoms with E-state index in [2.05, 4.69) is 46.2 Å². The van der Waals surface area contributed by atoms with Gasteiger partial charge in [0.05, 0.1) is 0 Å². The van der Waals surface area contributed by atoms with Gasteiger partial charge < -0.3 is 10.2 Å². The van der Waals surface area contributed by atoms with Crippen LogP contribution in [0.2, 0.25) is 0 Å². The first-order valence-electron chi connectivity index (χ1n) is 6.50. The predicted molar refractivity (Wildman–Crippen MR) is 80.2 cm³/mol. The molecule has 1 aromatic carbocycles. The van der Waals surface area contributed by atoms with E-state index in [9.17, 15) is 0 Å². The number of benzene rings is 1. The maximum atomic E-state index is 4.45. The highest BCUT2D eigenvalue weighted by molar-refractivity contribution is 5.68. The molecule has 0 bridgehead atoms. The molecule has 0 fully saturated rings. The summed E-state index contributed by atoms with van der Waals surface area (Å²) in [7, 11) is 3.93. The van der Waals surface area contributed by atoms with E-state index in [1.807, 2.05) is 26.2 Å². The smallest absolute Gasteiger partial charge is 0.141 e. The summed E-state index contributed by atoms with van der Waals surface area (Å²) in [6.07, 6.45) is 2.50. The number of aromatic nitrogens is 2. The SMILES string of the molecule is CCc1c(NC)ncnc1N(C)c1ccccc1C. The minimum atomic E-state index is 0.891. The van der Waals surface area contributed by atoms with Crippen molar-refractivity contribution >= 4 is 17.3 Å². The molecule has 0 aliphatic rings. The lowest BCUT2D eigenvalue weighted by Gasteiger charge is -2.23. The Morgan fingerprint density at radius 3 is 2.58 bits per heavy atom. The molecule has 4 nitrogen and oxygen atoms in total. The van der Waals surface area contributed by atoms with Crippen molar-refractivity contribution in [1.29, 1.82) is 0 Å². The van der Waals surface area contributed by atoms with Crippen molar-refractivity contribution in [2.24, 2.45) is 0 Å². The van der Waals surface area contributed by atoms with E-state index in [-0.39, 0.29) is 0 Å². The molecule has 0 aliphatic carbocycles. The maximum absolute atomic E-state index is 4.45. The molecule has 0 aliphatic heterocycles. The zero-order chi connectivity index (χ0) is 13.8. The number of nitrogens with zero attached hydrogens (tertiary/aromatic N) is 3. The first-order chi connectivity index (χ1) is 9.19. The summed E-state index contributed by atoms with van der Waals surface area (Å²) in [5.41, 5.74) is 3.53. The summed E-state index contributed by atoms with van der Waals surface area (Å²) >= 11 is 0. The topological polar surface area (TPSA) is 41.1 Å². The van der Waals surface area contributed by atoms with Gasteiger partial charge >= 0.3 is 0 Å². The first kappa shape index (κ1) is 13.3. The van der Waals surface area contributed by atoms with Crippen LogP contribution in [0.1, 0.15) is 18.1 Å². The van der Waals surface area contributed by atoms with Crippen LogP contribution in [0.25, 0.3) is 0 Å². The van der Waals surface area contributed by atoms with E-state index in [1.54, 1.807) is 6.33 Å².